The van der Waals surface area contributed by atoms with Gasteiger partial charge in [-0.3, -0.25) is 0 Å². The van der Waals surface area contributed by atoms with Crippen LogP contribution in [0.3, 0.4) is 0 Å². The molecular weight excluding hydrogens is 318 g/mol. The van der Waals surface area contributed by atoms with Crippen LogP contribution in [0.15, 0.2) is 34.6 Å². The van der Waals surface area contributed by atoms with Crippen molar-refractivity contribution in [1.29, 1.82) is 0 Å². The summed E-state index contributed by atoms with van der Waals surface area (Å²) >= 11 is 1.35. The van der Waals surface area contributed by atoms with Crippen LogP contribution in [0, 0.1) is 0 Å². The van der Waals surface area contributed by atoms with Gasteiger partial charge in [-0.2, -0.15) is 0 Å². The van der Waals surface area contributed by atoms with E-state index in [4.69, 9.17) is 5.11 Å². The van der Waals surface area contributed by atoms with Crippen molar-refractivity contribution in [2.45, 2.75) is 51.4 Å². The first-order valence-electron chi connectivity index (χ1n) is 8.20. The summed E-state index contributed by atoms with van der Waals surface area (Å²) in [6.45, 7) is 9.24. The molecule has 126 valence electrons. The molecule has 1 aliphatic rings. The van der Waals surface area contributed by atoms with Crippen LogP contribution in [0.4, 0.5) is 5.00 Å². The Morgan fingerprint density at radius 2 is 1.79 bits per heavy atom. The van der Waals surface area contributed by atoms with Gasteiger partial charge in [0.25, 0.3) is 0 Å². The lowest BCUT2D eigenvalue weighted by Gasteiger charge is -2.42. The average molecular weight is 341 g/mol. The van der Waals surface area contributed by atoms with E-state index in [1.807, 2.05) is 6.21 Å². The molecule has 0 spiro atoms. The summed E-state index contributed by atoms with van der Waals surface area (Å²) < 4.78 is 0. The van der Waals surface area contributed by atoms with Crippen molar-refractivity contribution in [1.82, 2.24) is 0 Å². The van der Waals surface area contributed by atoms with Crippen molar-refractivity contribution >= 4 is 28.5 Å². The van der Waals surface area contributed by atoms with Crippen molar-refractivity contribution in [3.63, 3.8) is 0 Å². The molecule has 0 radical (unpaired) electrons. The third kappa shape index (κ3) is 3.16. The number of aliphatic imine (C=N–C) groups is 1. The standard InChI is InChI=1S/C20H23NO2S/c1-19(2)7-8-20(3,4)16-9-13(5-6-15(16)19)11-21-17-10-14(12-24-17)18(22)23/h5-6,9-12H,7-8H2,1-4H3,(H,22,23). The van der Waals surface area contributed by atoms with E-state index in [0.29, 0.717) is 10.6 Å². The second kappa shape index (κ2) is 5.85. The van der Waals surface area contributed by atoms with Crippen LogP contribution in [-0.4, -0.2) is 17.3 Å². The molecule has 3 nitrogen and oxygen atoms in total. The van der Waals surface area contributed by atoms with E-state index in [1.165, 1.54) is 35.3 Å². The minimum absolute atomic E-state index is 0.175. The fourth-order valence-corrected chi connectivity index (χ4v) is 4.05. The maximum absolute atomic E-state index is 10.9. The van der Waals surface area contributed by atoms with E-state index < -0.39 is 5.97 Å². The van der Waals surface area contributed by atoms with Crippen LogP contribution in [0.25, 0.3) is 0 Å². The van der Waals surface area contributed by atoms with Crippen LogP contribution < -0.4 is 0 Å². The minimum Gasteiger partial charge on any atom is -0.478 e. The summed E-state index contributed by atoms with van der Waals surface area (Å²) in [6, 6.07) is 8.19. The predicted molar refractivity (Wildman–Crippen MR) is 100 cm³/mol. The molecule has 4 heteroatoms. The zero-order valence-corrected chi connectivity index (χ0v) is 15.4. The lowest BCUT2D eigenvalue weighted by atomic mass is 9.63. The van der Waals surface area contributed by atoms with Gasteiger partial charge in [-0.1, -0.05) is 39.8 Å². The van der Waals surface area contributed by atoms with Gasteiger partial charge in [-0.25, -0.2) is 9.79 Å². The minimum atomic E-state index is -0.912. The SMILES string of the molecule is CC1(C)CCC(C)(C)c2cc(C=Nc3cc(C(=O)O)cs3)ccc21. The first-order valence-corrected chi connectivity index (χ1v) is 9.08. The Hall–Kier alpha value is -1.94. The first-order chi connectivity index (χ1) is 11.2. The number of carbonyl (C=O) groups is 1. The number of thiophene rings is 1. The summed E-state index contributed by atoms with van der Waals surface area (Å²) in [7, 11) is 0. The summed E-state index contributed by atoms with van der Waals surface area (Å²) in [6.07, 6.45) is 4.21. The molecule has 1 N–H and O–H groups in total. The fraction of sp³-hybridized carbons (Fsp3) is 0.400. The van der Waals surface area contributed by atoms with Crippen molar-refractivity contribution in [3.8, 4) is 0 Å². The number of hydrogen-bond acceptors (Lipinski definition) is 3. The number of rotatable bonds is 3. The Labute approximate surface area is 147 Å². The predicted octanol–water partition coefficient (Wildman–Crippen LogP) is 5.55. The van der Waals surface area contributed by atoms with Gasteiger partial charge in [-0.05, 0) is 52.5 Å². The summed E-state index contributed by atoms with van der Waals surface area (Å²) in [5, 5.41) is 11.3. The number of fused-ring (bicyclic) bond motifs is 1. The highest BCUT2D eigenvalue weighted by atomic mass is 32.1. The monoisotopic (exact) mass is 341 g/mol. The molecule has 0 saturated carbocycles. The van der Waals surface area contributed by atoms with E-state index in [-0.39, 0.29) is 10.8 Å². The van der Waals surface area contributed by atoms with E-state index in [0.717, 1.165) is 5.56 Å². The molecule has 0 bridgehead atoms. The van der Waals surface area contributed by atoms with Crippen molar-refractivity contribution < 1.29 is 9.90 Å². The molecule has 0 fully saturated rings. The number of benzene rings is 1. The molecule has 1 heterocycles. The summed E-state index contributed by atoms with van der Waals surface area (Å²) in [5.41, 5.74) is 4.57. The normalized spacial score (nSPS) is 18.5. The second-order valence-corrected chi connectivity index (χ2v) is 8.70. The molecule has 1 aromatic carbocycles. The smallest absolute Gasteiger partial charge is 0.336 e. The zero-order chi connectivity index (χ0) is 17.5. The van der Waals surface area contributed by atoms with E-state index in [1.54, 1.807) is 11.4 Å². The van der Waals surface area contributed by atoms with Gasteiger partial charge in [0.1, 0.15) is 5.00 Å². The number of carboxylic acids is 1. The third-order valence-electron chi connectivity index (χ3n) is 5.05. The lowest BCUT2D eigenvalue weighted by molar-refractivity contribution is 0.0697. The van der Waals surface area contributed by atoms with Crippen LogP contribution in [0.2, 0.25) is 0 Å². The van der Waals surface area contributed by atoms with E-state index in [2.05, 4.69) is 50.9 Å². The number of aromatic carboxylic acids is 1. The second-order valence-electron chi connectivity index (χ2n) is 7.81. The molecule has 1 aromatic heterocycles. The van der Waals surface area contributed by atoms with Gasteiger partial charge in [0.05, 0.1) is 5.56 Å². The Kier molecular flexibility index (Phi) is 4.12. The van der Waals surface area contributed by atoms with Crippen LogP contribution in [0.5, 0.6) is 0 Å². The molecule has 1 aliphatic carbocycles. The van der Waals surface area contributed by atoms with Crippen LogP contribution in [-0.2, 0) is 10.8 Å². The first kappa shape index (κ1) is 16.9. The van der Waals surface area contributed by atoms with Gasteiger partial charge in [0.2, 0.25) is 0 Å². The van der Waals surface area contributed by atoms with Gasteiger partial charge < -0.3 is 5.11 Å². The maximum Gasteiger partial charge on any atom is 0.336 e. The van der Waals surface area contributed by atoms with E-state index >= 15 is 0 Å². The zero-order valence-electron chi connectivity index (χ0n) is 14.6. The lowest BCUT2D eigenvalue weighted by Crippen LogP contribution is -2.33. The summed E-state index contributed by atoms with van der Waals surface area (Å²) in [4.78, 5) is 15.4. The average Bonchev–Trinajstić information content (AvgIpc) is 2.99. The maximum atomic E-state index is 10.9. The molecule has 0 aliphatic heterocycles. The molecule has 0 amide bonds. The molecule has 2 aromatic rings. The van der Waals surface area contributed by atoms with Gasteiger partial charge in [0, 0.05) is 11.6 Å². The molecule has 0 unspecified atom stereocenters. The Morgan fingerprint density at radius 3 is 2.42 bits per heavy atom. The molecular formula is C20H23NO2S. The van der Waals surface area contributed by atoms with Crippen LogP contribution >= 0.6 is 11.3 Å². The molecule has 0 atom stereocenters. The van der Waals surface area contributed by atoms with Gasteiger partial charge >= 0.3 is 5.97 Å². The Balaban J connectivity index is 1.93. The Bertz CT molecular complexity index is 815. The number of hydrogen-bond donors (Lipinski definition) is 1. The highest BCUT2D eigenvalue weighted by Crippen LogP contribution is 2.45. The van der Waals surface area contributed by atoms with Crippen molar-refractivity contribution in [2.24, 2.45) is 4.99 Å². The van der Waals surface area contributed by atoms with Crippen molar-refractivity contribution in [3.05, 3.63) is 51.9 Å². The highest BCUT2D eigenvalue weighted by molar-refractivity contribution is 7.14. The van der Waals surface area contributed by atoms with Gasteiger partial charge in [0.15, 0.2) is 0 Å². The topological polar surface area (TPSA) is 49.7 Å². The quantitative estimate of drug-likeness (QED) is 0.745. The van der Waals surface area contributed by atoms with E-state index in [9.17, 15) is 4.79 Å². The van der Waals surface area contributed by atoms with Gasteiger partial charge in [-0.15, -0.1) is 11.3 Å². The fourth-order valence-electron chi connectivity index (χ4n) is 3.33. The molecule has 24 heavy (non-hydrogen) atoms. The third-order valence-corrected chi connectivity index (χ3v) is 5.89. The summed E-state index contributed by atoms with van der Waals surface area (Å²) in [5.74, 6) is -0.912. The van der Waals surface area contributed by atoms with Crippen molar-refractivity contribution in [2.75, 3.05) is 0 Å². The highest BCUT2D eigenvalue weighted by Gasteiger charge is 2.36. The molecule has 3 rings (SSSR count). The molecule has 0 saturated heterocycles. The Morgan fingerprint density at radius 1 is 1.12 bits per heavy atom. The van der Waals surface area contributed by atoms with Crippen LogP contribution in [0.1, 0.15) is 67.6 Å². The number of nitrogens with zero attached hydrogens (tertiary/aromatic N) is 1. The number of carboxylic acid groups (broad SMARTS) is 1. The largest absolute Gasteiger partial charge is 0.478 e.